The van der Waals surface area contributed by atoms with Gasteiger partial charge in [-0.25, -0.2) is 4.79 Å². The van der Waals surface area contributed by atoms with Gasteiger partial charge in [-0.1, -0.05) is 44.0 Å². The normalized spacial score (nSPS) is 22.9. The van der Waals surface area contributed by atoms with Gasteiger partial charge in [-0.3, -0.25) is 0 Å². The van der Waals surface area contributed by atoms with E-state index in [-0.39, 0.29) is 12.1 Å². The second kappa shape index (κ2) is 6.58. The molecule has 0 radical (unpaired) electrons. The predicted molar refractivity (Wildman–Crippen MR) is 87.1 cm³/mol. The molecule has 1 saturated carbocycles. The lowest BCUT2D eigenvalue weighted by Crippen LogP contribution is -2.30. The van der Waals surface area contributed by atoms with E-state index in [1.807, 2.05) is 0 Å². The third-order valence-electron chi connectivity index (χ3n) is 4.32. The van der Waals surface area contributed by atoms with Gasteiger partial charge in [0.15, 0.2) is 0 Å². The number of hydrogen-bond acceptors (Lipinski definition) is 2. The Kier molecular flexibility index (Phi) is 5.21. The third kappa shape index (κ3) is 4.37. The fourth-order valence-corrected chi connectivity index (χ4v) is 3.40. The largest absolute Gasteiger partial charge is 0.459 e. The molecule has 0 unspecified atom stereocenters. The molecule has 0 bridgehead atoms. The highest BCUT2D eigenvalue weighted by Crippen LogP contribution is 2.38. The summed E-state index contributed by atoms with van der Waals surface area (Å²) >= 11 is 11.9. The van der Waals surface area contributed by atoms with E-state index in [4.69, 9.17) is 27.9 Å². The van der Waals surface area contributed by atoms with Crippen molar-refractivity contribution >= 4 is 29.2 Å². The van der Waals surface area contributed by atoms with Gasteiger partial charge in [0.05, 0.1) is 10.6 Å². The van der Waals surface area contributed by atoms with E-state index in [0.29, 0.717) is 26.9 Å². The van der Waals surface area contributed by atoms with Crippen LogP contribution in [0.3, 0.4) is 0 Å². The minimum absolute atomic E-state index is 0.00263. The highest BCUT2D eigenvalue weighted by Gasteiger charge is 2.31. The van der Waals surface area contributed by atoms with Crippen molar-refractivity contribution in [2.75, 3.05) is 0 Å². The molecule has 0 atom stereocenters. The van der Waals surface area contributed by atoms with Crippen LogP contribution >= 0.6 is 23.2 Å². The maximum Gasteiger partial charge on any atom is 0.339 e. The van der Waals surface area contributed by atoms with Gasteiger partial charge in [-0.15, -0.1) is 0 Å². The van der Waals surface area contributed by atoms with Gasteiger partial charge in [-0.2, -0.15) is 0 Å². The summed E-state index contributed by atoms with van der Waals surface area (Å²) in [6, 6.07) is 4.84. The molecule has 0 spiro atoms. The van der Waals surface area contributed by atoms with Gasteiger partial charge >= 0.3 is 5.97 Å². The first-order chi connectivity index (χ1) is 9.77. The maximum atomic E-state index is 12.2. The van der Waals surface area contributed by atoms with Crippen LogP contribution in [-0.4, -0.2) is 12.1 Å². The van der Waals surface area contributed by atoms with Gasteiger partial charge < -0.3 is 4.74 Å². The quantitative estimate of drug-likeness (QED) is 0.645. The molecule has 1 aliphatic rings. The lowest BCUT2D eigenvalue weighted by Gasteiger charge is -2.36. The molecular formula is C17H22Cl2O2. The maximum absolute atomic E-state index is 12.2. The van der Waals surface area contributed by atoms with Crippen LogP contribution in [0.25, 0.3) is 0 Å². The van der Waals surface area contributed by atoms with Gasteiger partial charge in [-0.05, 0) is 55.2 Å². The first kappa shape index (κ1) is 16.6. The summed E-state index contributed by atoms with van der Waals surface area (Å²) < 4.78 is 5.59. The van der Waals surface area contributed by atoms with Crippen LogP contribution in [0.2, 0.25) is 10.0 Å². The molecular weight excluding hydrogens is 307 g/mol. The standard InChI is InChI=1S/C17H22Cl2O2/c1-17(2,3)11-4-7-13(8-5-11)21-16(20)14-9-6-12(18)10-15(14)19/h6,9-11,13H,4-5,7-8H2,1-3H3. The van der Waals surface area contributed by atoms with Crippen molar-refractivity contribution < 1.29 is 9.53 Å². The van der Waals surface area contributed by atoms with E-state index in [2.05, 4.69) is 20.8 Å². The Morgan fingerprint density at radius 1 is 1.14 bits per heavy atom. The van der Waals surface area contributed by atoms with Gasteiger partial charge in [0.1, 0.15) is 6.10 Å². The Morgan fingerprint density at radius 3 is 2.29 bits per heavy atom. The van der Waals surface area contributed by atoms with E-state index in [0.717, 1.165) is 25.7 Å². The average Bonchev–Trinajstić information content (AvgIpc) is 2.38. The van der Waals surface area contributed by atoms with Crippen molar-refractivity contribution in [3.05, 3.63) is 33.8 Å². The number of halogens is 2. The van der Waals surface area contributed by atoms with Crippen LogP contribution in [0.15, 0.2) is 18.2 Å². The molecule has 0 heterocycles. The molecule has 2 nitrogen and oxygen atoms in total. The summed E-state index contributed by atoms with van der Waals surface area (Å²) in [5, 5.41) is 0.859. The molecule has 1 aromatic carbocycles. The zero-order chi connectivity index (χ0) is 15.6. The summed E-state index contributed by atoms with van der Waals surface area (Å²) in [5.74, 6) is 0.349. The van der Waals surface area contributed by atoms with Crippen molar-refractivity contribution in [3.8, 4) is 0 Å². The molecule has 1 aromatic rings. The lowest BCUT2D eigenvalue weighted by molar-refractivity contribution is 0.00931. The Hall–Kier alpha value is -0.730. The first-order valence-corrected chi connectivity index (χ1v) is 8.19. The first-order valence-electron chi connectivity index (χ1n) is 7.43. The highest BCUT2D eigenvalue weighted by molar-refractivity contribution is 6.36. The van der Waals surface area contributed by atoms with Crippen LogP contribution < -0.4 is 0 Å². The zero-order valence-corrected chi connectivity index (χ0v) is 14.3. The summed E-state index contributed by atoms with van der Waals surface area (Å²) in [5.41, 5.74) is 0.716. The molecule has 0 aliphatic heterocycles. The van der Waals surface area contributed by atoms with Crippen LogP contribution in [0, 0.1) is 11.3 Å². The van der Waals surface area contributed by atoms with Gasteiger partial charge in [0.2, 0.25) is 0 Å². The van der Waals surface area contributed by atoms with Crippen molar-refractivity contribution in [2.45, 2.75) is 52.6 Å². The molecule has 0 saturated heterocycles. The summed E-state index contributed by atoms with van der Waals surface area (Å²) in [7, 11) is 0. The second-order valence-electron chi connectivity index (χ2n) is 6.87. The molecule has 0 aromatic heterocycles. The SMILES string of the molecule is CC(C)(C)C1CCC(OC(=O)c2ccc(Cl)cc2Cl)CC1. The molecule has 1 fully saturated rings. The summed E-state index contributed by atoms with van der Waals surface area (Å²) in [6.07, 6.45) is 4.08. The van der Waals surface area contributed by atoms with Crippen molar-refractivity contribution in [3.63, 3.8) is 0 Å². The zero-order valence-electron chi connectivity index (χ0n) is 12.8. The Bertz CT molecular complexity index is 512. The fourth-order valence-electron chi connectivity index (χ4n) is 2.92. The van der Waals surface area contributed by atoms with E-state index in [9.17, 15) is 4.79 Å². The monoisotopic (exact) mass is 328 g/mol. The number of hydrogen-bond donors (Lipinski definition) is 0. The number of benzene rings is 1. The molecule has 0 amide bonds. The van der Waals surface area contributed by atoms with Crippen LogP contribution in [0.1, 0.15) is 56.8 Å². The van der Waals surface area contributed by atoms with Crippen LogP contribution in [-0.2, 0) is 4.74 Å². The van der Waals surface area contributed by atoms with Crippen molar-refractivity contribution in [2.24, 2.45) is 11.3 Å². The number of ether oxygens (including phenoxy) is 1. The van der Waals surface area contributed by atoms with Crippen LogP contribution in [0.5, 0.6) is 0 Å². The van der Waals surface area contributed by atoms with E-state index >= 15 is 0 Å². The highest BCUT2D eigenvalue weighted by atomic mass is 35.5. The number of rotatable bonds is 2. The van der Waals surface area contributed by atoms with Crippen LogP contribution in [0.4, 0.5) is 0 Å². The summed E-state index contributed by atoms with van der Waals surface area (Å²) in [6.45, 7) is 6.83. The third-order valence-corrected chi connectivity index (χ3v) is 4.87. The van der Waals surface area contributed by atoms with Gasteiger partial charge in [0, 0.05) is 5.02 Å². The average molecular weight is 329 g/mol. The Morgan fingerprint density at radius 2 is 1.76 bits per heavy atom. The lowest BCUT2D eigenvalue weighted by atomic mass is 9.72. The minimum Gasteiger partial charge on any atom is -0.459 e. The van der Waals surface area contributed by atoms with E-state index < -0.39 is 0 Å². The Balaban J connectivity index is 1.93. The molecule has 116 valence electrons. The van der Waals surface area contributed by atoms with E-state index in [1.165, 1.54) is 0 Å². The smallest absolute Gasteiger partial charge is 0.339 e. The van der Waals surface area contributed by atoms with Crippen molar-refractivity contribution in [1.29, 1.82) is 0 Å². The molecule has 21 heavy (non-hydrogen) atoms. The molecule has 4 heteroatoms. The summed E-state index contributed by atoms with van der Waals surface area (Å²) in [4.78, 5) is 12.2. The number of esters is 1. The van der Waals surface area contributed by atoms with Crippen molar-refractivity contribution in [1.82, 2.24) is 0 Å². The second-order valence-corrected chi connectivity index (χ2v) is 7.71. The number of carbonyl (C=O) groups excluding carboxylic acids is 1. The topological polar surface area (TPSA) is 26.3 Å². The van der Waals surface area contributed by atoms with E-state index in [1.54, 1.807) is 18.2 Å². The van der Waals surface area contributed by atoms with Gasteiger partial charge in [0.25, 0.3) is 0 Å². The molecule has 0 N–H and O–H groups in total. The molecule has 1 aliphatic carbocycles. The Labute approximate surface area is 136 Å². The predicted octanol–water partition coefficient (Wildman–Crippen LogP) is 5.76. The fraction of sp³-hybridized carbons (Fsp3) is 0.588. The number of carbonyl (C=O) groups is 1. The molecule has 2 rings (SSSR count). The minimum atomic E-state index is -0.351.